The third-order valence-corrected chi connectivity index (χ3v) is 2.68. The molecule has 4 amide bonds. The van der Waals surface area contributed by atoms with Gasteiger partial charge in [0.05, 0.1) is 0 Å². The summed E-state index contributed by atoms with van der Waals surface area (Å²) in [6.07, 6.45) is 1.84. The van der Waals surface area contributed by atoms with E-state index in [1.54, 1.807) is 0 Å². The summed E-state index contributed by atoms with van der Waals surface area (Å²) in [7, 11) is 0. The highest BCUT2D eigenvalue weighted by Gasteiger charge is 2.29. The highest BCUT2D eigenvalue weighted by Crippen LogP contribution is 2.02. The number of imide groups is 1. The van der Waals surface area contributed by atoms with Crippen LogP contribution >= 0.6 is 0 Å². The molecule has 1 atom stereocenters. The molecule has 1 aliphatic rings. The predicted octanol–water partition coefficient (Wildman–Crippen LogP) is -0.702. The summed E-state index contributed by atoms with van der Waals surface area (Å²) in [5, 5.41) is 13.3. The van der Waals surface area contributed by atoms with Gasteiger partial charge in [-0.25, -0.2) is 9.59 Å². The Morgan fingerprint density at radius 3 is 2.63 bits per heavy atom. The van der Waals surface area contributed by atoms with Gasteiger partial charge in [-0.15, -0.1) is 0 Å². The van der Waals surface area contributed by atoms with Gasteiger partial charge in [-0.3, -0.25) is 14.9 Å². The number of urea groups is 1. The van der Waals surface area contributed by atoms with Gasteiger partial charge in [-0.2, -0.15) is 0 Å². The zero-order chi connectivity index (χ0) is 14.4. The van der Waals surface area contributed by atoms with Gasteiger partial charge in [0.15, 0.2) is 0 Å². The zero-order valence-electron chi connectivity index (χ0n) is 10.6. The molecule has 8 heteroatoms. The maximum absolute atomic E-state index is 11.6. The van der Waals surface area contributed by atoms with Gasteiger partial charge in [0.25, 0.3) is 0 Å². The number of nitrogens with zero attached hydrogens (tertiary/aromatic N) is 1. The zero-order valence-corrected chi connectivity index (χ0v) is 10.6. The number of amides is 4. The summed E-state index contributed by atoms with van der Waals surface area (Å²) in [5.74, 6) is -2.17. The van der Waals surface area contributed by atoms with Gasteiger partial charge < -0.3 is 15.3 Å². The van der Waals surface area contributed by atoms with Crippen LogP contribution in [0, 0.1) is 0 Å². The minimum Gasteiger partial charge on any atom is -0.480 e. The molecule has 1 fully saturated rings. The third kappa shape index (κ3) is 4.57. The van der Waals surface area contributed by atoms with Crippen LogP contribution in [0.15, 0.2) is 0 Å². The Kier molecular flexibility index (Phi) is 5.28. The topological polar surface area (TPSA) is 116 Å². The molecular formula is C11H17N3O5. The first-order chi connectivity index (χ1) is 8.93. The number of hydrogen-bond acceptors (Lipinski definition) is 4. The highest BCUT2D eigenvalue weighted by atomic mass is 16.4. The largest absolute Gasteiger partial charge is 0.480 e. The van der Waals surface area contributed by atoms with Crippen molar-refractivity contribution in [2.75, 3.05) is 13.1 Å². The Morgan fingerprint density at radius 1 is 1.47 bits per heavy atom. The molecule has 0 saturated carbocycles. The van der Waals surface area contributed by atoms with Crippen molar-refractivity contribution >= 4 is 23.8 Å². The van der Waals surface area contributed by atoms with Gasteiger partial charge in [0.2, 0.25) is 11.8 Å². The third-order valence-electron chi connectivity index (χ3n) is 2.68. The number of hydrogen-bond donors (Lipinski definition) is 3. The van der Waals surface area contributed by atoms with Crippen LogP contribution in [0.1, 0.15) is 26.2 Å². The average molecular weight is 271 g/mol. The normalized spacial score (nSPS) is 16.2. The van der Waals surface area contributed by atoms with Crippen molar-refractivity contribution in [2.45, 2.75) is 32.2 Å². The van der Waals surface area contributed by atoms with Crippen LogP contribution in [0.25, 0.3) is 0 Å². The first-order valence-corrected chi connectivity index (χ1v) is 6.05. The molecule has 0 unspecified atom stereocenters. The molecule has 1 aliphatic heterocycles. The molecule has 8 nitrogen and oxygen atoms in total. The average Bonchev–Trinajstić information content (AvgIpc) is 2.62. The summed E-state index contributed by atoms with van der Waals surface area (Å²) in [5.41, 5.74) is 0. The lowest BCUT2D eigenvalue weighted by Crippen LogP contribution is -2.46. The molecule has 1 saturated heterocycles. The Hall–Kier alpha value is -2.12. The van der Waals surface area contributed by atoms with Crippen molar-refractivity contribution in [1.82, 2.24) is 15.5 Å². The molecule has 0 bridgehead atoms. The van der Waals surface area contributed by atoms with E-state index in [4.69, 9.17) is 5.11 Å². The molecule has 0 aromatic rings. The fourth-order valence-corrected chi connectivity index (χ4v) is 1.69. The fraction of sp³-hybridized carbons (Fsp3) is 0.636. The molecule has 0 radical (unpaired) electrons. The van der Waals surface area contributed by atoms with Crippen LogP contribution in [0.4, 0.5) is 4.79 Å². The first kappa shape index (κ1) is 14.9. The molecule has 0 aliphatic carbocycles. The van der Waals surface area contributed by atoms with E-state index < -0.39 is 29.9 Å². The minimum atomic E-state index is -1.11. The van der Waals surface area contributed by atoms with E-state index in [2.05, 4.69) is 5.32 Å². The van der Waals surface area contributed by atoms with Crippen molar-refractivity contribution in [1.29, 1.82) is 0 Å². The number of aliphatic carboxylic acids is 1. The van der Waals surface area contributed by atoms with Crippen molar-refractivity contribution in [3.8, 4) is 0 Å². The molecule has 106 valence electrons. The molecule has 1 heterocycles. The number of carbonyl (C=O) groups excluding carboxylic acids is 3. The van der Waals surface area contributed by atoms with E-state index in [9.17, 15) is 19.2 Å². The Morgan fingerprint density at radius 2 is 2.16 bits per heavy atom. The van der Waals surface area contributed by atoms with Crippen LogP contribution in [0.5, 0.6) is 0 Å². The second-order valence-electron chi connectivity index (χ2n) is 4.31. The lowest BCUT2D eigenvalue weighted by molar-refractivity contribution is -0.142. The van der Waals surface area contributed by atoms with E-state index in [1.165, 1.54) is 0 Å². The fourth-order valence-electron chi connectivity index (χ4n) is 1.69. The molecule has 3 N–H and O–H groups in total. The Balaban J connectivity index is 2.46. The van der Waals surface area contributed by atoms with Gasteiger partial charge >= 0.3 is 12.0 Å². The Bertz CT molecular complexity index is 396. The van der Waals surface area contributed by atoms with Crippen molar-refractivity contribution < 1.29 is 24.3 Å². The van der Waals surface area contributed by atoms with Crippen molar-refractivity contribution in [3.63, 3.8) is 0 Å². The standard InChI is InChI=1S/C11H17N3O5/c1-2-3-4-7(10(17)18)12-8(15)5-14-6-9(16)13-11(14)19/h7H,2-6H2,1H3,(H,12,15)(H,17,18)(H,13,16,19)/t7-/m0/s1. The van der Waals surface area contributed by atoms with E-state index in [0.29, 0.717) is 12.8 Å². The lowest BCUT2D eigenvalue weighted by atomic mass is 10.1. The lowest BCUT2D eigenvalue weighted by Gasteiger charge is -2.17. The molecule has 0 spiro atoms. The van der Waals surface area contributed by atoms with Gasteiger partial charge in [0, 0.05) is 0 Å². The summed E-state index contributed by atoms with van der Waals surface area (Å²) in [6.45, 7) is 1.41. The summed E-state index contributed by atoms with van der Waals surface area (Å²) < 4.78 is 0. The molecule has 0 aromatic carbocycles. The molecule has 1 rings (SSSR count). The van der Waals surface area contributed by atoms with Crippen LogP contribution in [-0.2, 0) is 14.4 Å². The van der Waals surface area contributed by atoms with E-state index >= 15 is 0 Å². The number of carbonyl (C=O) groups is 4. The van der Waals surface area contributed by atoms with Crippen LogP contribution < -0.4 is 10.6 Å². The van der Waals surface area contributed by atoms with Gasteiger partial charge in [0.1, 0.15) is 19.1 Å². The summed E-state index contributed by atoms with van der Waals surface area (Å²) in [6, 6.07) is -1.60. The number of carboxylic acid groups (broad SMARTS) is 1. The first-order valence-electron chi connectivity index (χ1n) is 6.05. The maximum Gasteiger partial charge on any atom is 0.326 e. The van der Waals surface area contributed by atoms with Crippen LogP contribution in [0.3, 0.4) is 0 Å². The van der Waals surface area contributed by atoms with E-state index in [1.807, 2.05) is 12.2 Å². The minimum absolute atomic E-state index is 0.182. The summed E-state index contributed by atoms with van der Waals surface area (Å²) in [4.78, 5) is 45.7. The van der Waals surface area contributed by atoms with Crippen molar-refractivity contribution in [3.05, 3.63) is 0 Å². The number of nitrogens with one attached hydrogen (secondary N) is 2. The number of rotatable bonds is 7. The van der Waals surface area contributed by atoms with Gasteiger partial charge in [-0.1, -0.05) is 19.8 Å². The van der Waals surface area contributed by atoms with Crippen LogP contribution in [0.2, 0.25) is 0 Å². The number of carboxylic acids is 1. The number of unbranched alkanes of at least 4 members (excludes halogenated alkanes) is 1. The van der Waals surface area contributed by atoms with E-state index in [0.717, 1.165) is 11.3 Å². The molecule has 0 aromatic heterocycles. The monoisotopic (exact) mass is 271 g/mol. The van der Waals surface area contributed by atoms with Crippen LogP contribution in [-0.4, -0.2) is 53.0 Å². The second-order valence-corrected chi connectivity index (χ2v) is 4.31. The Labute approximate surface area is 110 Å². The van der Waals surface area contributed by atoms with Gasteiger partial charge in [-0.05, 0) is 6.42 Å². The summed E-state index contributed by atoms with van der Waals surface area (Å²) >= 11 is 0. The maximum atomic E-state index is 11.6. The molecular weight excluding hydrogens is 254 g/mol. The highest BCUT2D eigenvalue weighted by molar-refractivity contribution is 6.03. The predicted molar refractivity (Wildman–Crippen MR) is 64.2 cm³/mol. The SMILES string of the molecule is CCCC[C@H](NC(=O)CN1CC(=O)NC1=O)C(=O)O. The second kappa shape index (κ2) is 6.72. The molecule has 19 heavy (non-hydrogen) atoms. The van der Waals surface area contributed by atoms with Crippen molar-refractivity contribution in [2.24, 2.45) is 0 Å². The smallest absolute Gasteiger partial charge is 0.326 e. The van der Waals surface area contributed by atoms with E-state index in [-0.39, 0.29) is 13.1 Å². The quantitative estimate of drug-likeness (QED) is 0.529.